The largest absolute Gasteiger partial charge is 0.312 e. The highest BCUT2D eigenvalue weighted by molar-refractivity contribution is 7.91. The molecule has 3 unspecified atom stereocenters. The fraction of sp³-hybridized carbons (Fsp3) is 0.750. The average molecular weight is 328 g/mol. The van der Waals surface area contributed by atoms with Crippen molar-refractivity contribution < 1.29 is 8.42 Å². The van der Waals surface area contributed by atoms with Crippen LogP contribution in [0.3, 0.4) is 0 Å². The third-order valence-corrected chi connectivity index (χ3v) is 8.09. The summed E-state index contributed by atoms with van der Waals surface area (Å²) in [5.74, 6) is 0.447. The van der Waals surface area contributed by atoms with Crippen molar-refractivity contribution in [2.45, 2.75) is 56.2 Å². The van der Waals surface area contributed by atoms with Gasteiger partial charge < -0.3 is 5.32 Å². The van der Waals surface area contributed by atoms with Crippen LogP contribution < -0.4 is 5.32 Å². The van der Waals surface area contributed by atoms with Crippen molar-refractivity contribution in [3.8, 4) is 0 Å². The van der Waals surface area contributed by atoms with Gasteiger partial charge in [0.2, 0.25) is 0 Å². The Kier molecular flexibility index (Phi) is 4.44. The van der Waals surface area contributed by atoms with E-state index in [-0.39, 0.29) is 5.25 Å². The molecular weight excluding hydrogens is 302 g/mol. The Morgan fingerprint density at radius 2 is 2.10 bits per heavy atom. The van der Waals surface area contributed by atoms with Gasteiger partial charge >= 0.3 is 0 Å². The van der Waals surface area contributed by atoms with Crippen LogP contribution in [0.15, 0.2) is 6.07 Å². The van der Waals surface area contributed by atoms with Gasteiger partial charge in [-0.1, -0.05) is 6.42 Å². The summed E-state index contributed by atoms with van der Waals surface area (Å²) < 4.78 is 23.8. The highest BCUT2D eigenvalue weighted by Gasteiger charge is 2.34. The van der Waals surface area contributed by atoms with E-state index in [1.54, 1.807) is 4.88 Å². The second-order valence-electron chi connectivity index (χ2n) is 6.60. The zero-order chi connectivity index (χ0) is 15.0. The standard InChI is InChI=1S/C16H25NO2S2/c1-17-16(15-10-11-5-4-8-14(11)20-15)12-6-3-7-13(9-12)21(2,18)19/h10,12-13,16-17H,3-9H2,1-2H3. The smallest absolute Gasteiger partial charge is 0.150 e. The average Bonchev–Trinajstić information content (AvgIpc) is 3.00. The van der Waals surface area contributed by atoms with Gasteiger partial charge in [0.15, 0.2) is 0 Å². The molecule has 1 heterocycles. The predicted molar refractivity (Wildman–Crippen MR) is 88.7 cm³/mol. The number of sulfone groups is 1. The highest BCUT2D eigenvalue weighted by atomic mass is 32.2. The number of fused-ring (bicyclic) bond motifs is 1. The maximum atomic E-state index is 11.9. The Morgan fingerprint density at radius 1 is 1.29 bits per heavy atom. The molecule has 1 N–H and O–H groups in total. The molecule has 1 fully saturated rings. The minimum absolute atomic E-state index is 0.140. The molecule has 1 aromatic heterocycles. The molecule has 5 heteroatoms. The van der Waals surface area contributed by atoms with Crippen LogP contribution in [0.5, 0.6) is 0 Å². The molecule has 0 aliphatic heterocycles. The van der Waals surface area contributed by atoms with Crippen molar-refractivity contribution in [1.29, 1.82) is 0 Å². The molecule has 21 heavy (non-hydrogen) atoms. The van der Waals surface area contributed by atoms with E-state index in [2.05, 4.69) is 11.4 Å². The van der Waals surface area contributed by atoms with Crippen LogP contribution in [-0.4, -0.2) is 27.0 Å². The van der Waals surface area contributed by atoms with Gasteiger partial charge in [-0.25, -0.2) is 8.42 Å². The van der Waals surface area contributed by atoms with Crippen LogP contribution in [0.4, 0.5) is 0 Å². The van der Waals surface area contributed by atoms with Crippen molar-refractivity contribution in [3.63, 3.8) is 0 Å². The summed E-state index contributed by atoms with van der Waals surface area (Å²) in [6.45, 7) is 0. The first-order chi connectivity index (χ1) is 9.99. The predicted octanol–water partition coefficient (Wildman–Crippen LogP) is 3.10. The molecule has 3 atom stereocenters. The Bertz CT molecular complexity index is 584. The normalized spacial score (nSPS) is 27.5. The van der Waals surface area contributed by atoms with Crippen LogP contribution in [0.2, 0.25) is 0 Å². The fourth-order valence-electron chi connectivity index (χ4n) is 3.99. The first kappa shape index (κ1) is 15.5. The summed E-state index contributed by atoms with van der Waals surface area (Å²) in [5, 5.41) is 3.32. The molecule has 0 amide bonds. The van der Waals surface area contributed by atoms with Gasteiger partial charge in [-0.3, -0.25) is 0 Å². The maximum Gasteiger partial charge on any atom is 0.150 e. The quantitative estimate of drug-likeness (QED) is 0.924. The first-order valence-electron chi connectivity index (χ1n) is 7.96. The van der Waals surface area contributed by atoms with Crippen molar-refractivity contribution in [2.24, 2.45) is 5.92 Å². The van der Waals surface area contributed by atoms with Gasteiger partial charge in [0.25, 0.3) is 0 Å². The lowest BCUT2D eigenvalue weighted by Gasteiger charge is -2.33. The fourth-order valence-corrected chi connectivity index (χ4v) is 6.64. The number of nitrogens with one attached hydrogen (secondary N) is 1. The van der Waals surface area contributed by atoms with Crippen LogP contribution in [0, 0.1) is 5.92 Å². The highest BCUT2D eigenvalue weighted by Crippen LogP contribution is 2.41. The van der Waals surface area contributed by atoms with Crippen molar-refractivity contribution in [2.75, 3.05) is 13.3 Å². The van der Waals surface area contributed by atoms with Crippen molar-refractivity contribution in [3.05, 3.63) is 21.4 Å². The number of aryl methyl sites for hydroxylation is 2. The summed E-state index contributed by atoms with van der Waals surface area (Å²) in [5.41, 5.74) is 1.53. The maximum absolute atomic E-state index is 11.9. The molecule has 0 radical (unpaired) electrons. The van der Waals surface area contributed by atoms with Crippen LogP contribution in [0.25, 0.3) is 0 Å². The van der Waals surface area contributed by atoms with E-state index >= 15 is 0 Å². The van der Waals surface area contributed by atoms with Gasteiger partial charge in [-0.15, -0.1) is 11.3 Å². The Labute approximate surface area is 132 Å². The number of hydrogen-bond acceptors (Lipinski definition) is 4. The summed E-state index contributed by atoms with van der Waals surface area (Å²) in [4.78, 5) is 2.97. The lowest BCUT2D eigenvalue weighted by molar-refractivity contribution is 0.285. The molecule has 0 spiro atoms. The molecule has 2 aliphatic carbocycles. The van der Waals surface area contributed by atoms with E-state index in [1.165, 1.54) is 36.0 Å². The molecule has 2 aliphatic rings. The molecule has 118 valence electrons. The second-order valence-corrected chi connectivity index (χ2v) is 10.1. The van der Waals surface area contributed by atoms with Gasteiger partial charge in [-0.2, -0.15) is 0 Å². The lowest BCUT2D eigenvalue weighted by atomic mass is 9.83. The van der Waals surface area contributed by atoms with Gasteiger partial charge in [0, 0.05) is 22.1 Å². The van der Waals surface area contributed by atoms with E-state index in [0.29, 0.717) is 12.0 Å². The van der Waals surface area contributed by atoms with Crippen LogP contribution in [-0.2, 0) is 22.7 Å². The third-order valence-electron chi connectivity index (χ3n) is 5.13. The van der Waals surface area contributed by atoms with E-state index in [0.717, 1.165) is 25.7 Å². The molecule has 3 rings (SSSR count). The summed E-state index contributed by atoms with van der Waals surface area (Å²) in [6.07, 6.45) is 8.97. The summed E-state index contributed by atoms with van der Waals surface area (Å²) in [6, 6.07) is 2.70. The molecule has 0 bridgehead atoms. The molecule has 1 saturated carbocycles. The SMILES string of the molecule is CNC(c1cc2c(s1)CCC2)C1CCCC(S(C)(=O)=O)C1. The summed E-state index contributed by atoms with van der Waals surface area (Å²) >= 11 is 1.95. The molecule has 0 saturated heterocycles. The zero-order valence-electron chi connectivity index (χ0n) is 12.9. The van der Waals surface area contributed by atoms with Gasteiger partial charge in [0.1, 0.15) is 9.84 Å². The molecule has 1 aromatic rings. The lowest BCUT2D eigenvalue weighted by Crippen LogP contribution is -2.34. The summed E-state index contributed by atoms with van der Waals surface area (Å²) in [7, 11) is -0.890. The number of hydrogen-bond donors (Lipinski definition) is 1. The zero-order valence-corrected chi connectivity index (χ0v) is 14.5. The van der Waals surface area contributed by atoms with E-state index in [9.17, 15) is 8.42 Å². The van der Waals surface area contributed by atoms with E-state index in [4.69, 9.17) is 0 Å². The topological polar surface area (TPSA) is 46.2 Å². The second kappa shape index (κ2) is 6.01. The third kappa shape index (κ3) is 3.20. The molecule has 3 nitrogen and oxygen atoms in total. The Hall–Kier alpha value is -0.390. The monoisotopic (exact) mass is 327 g/mol. The number of thiophene rings is 1. The number of rotatable bonds is 4. The Morgan fingerprint density at radius 3 is 2.76 bits per heavy atom. The van der Waals surface area contributed by atoms with Crippen LogP contribution in [0.1, 0.15) is 53.5 Å². The minimum Gasteiger partial charge on any atom is -0.312 e. The van der Waals surface area contributed by atoms with E-state index in [1.807, 2.05) is 18.4 Å². The Balaban J connectivity index is 1.79. The molecular formula is C16H25NO2S2. The van der Waals surface area contributed by atoms with Crippen LogP contribution >= 0.6 is 11.3 Å². The van der Waals surface area contributed by atoms with E-state index < -0.39 is 9.84 Å². The molecule has 0 aromatic carbocycles. The van der Waals surface area contributed by atoms with Crippen molar-refractivity contribution in [1.82, 2.24) is 5.32 Å². The minimum atomic E-state index is -2.90. The first-order valence-corrected chi connectivity index (χ1v) is 10.7. The van der Waals surface area contributed by atoms with Gasteiger partial charge in [-0.05, 0) is 63.1 Å². The van der Waals surface area contributed by atoms with Gasteiger partial charge in [0.05, 0.1) is 5.25 Å². The van der Waals surface area contributed by atoms with Crippen molar-refractivity contribution >= 4 is 21.2 Å².